The van der Waals surface area contributed by atoms with Crippen molar-refractivity contribution >= 4 is 46.1 Å². The van der Waals surface area contributed by atoms with E-state index < -0.39 is 5.82 Å². The number of aliphatic hydroxyl groups is 1. The number of imidazole rings is 1. The van der Waals surface area contributed by atoms with Gasteiger partial charge in [-0.3, -0.25) is 14.9 Å². The predicted octanol–water partition coefficient (Wildman–Crippen LogP) is 4.23. The van der Waals surface area contributed by atoms with E-state index >= 15 is 0 Å². The van der Waals surface area contributed by atoms with Crippen LogP contribution in [0.15, 0.2) is 24.8 Å². The topological polar surface area (TPSA) is 120 Å². The Labute approximate surface area is 189 Å². The van der Waals surface area contributed by atoms with Gasteiger partial charge in [0.05, 0.1) is 40.5 Å². The largest absolute Gasteiger partial charge is 0.400 e. The van der Waals surface area contributed by atoms with E-state index in [-0.39, 0.29) is 16.8 Å². The summed E-state index contributed by atoms with van der Waals surface area (Å²) in [5.74, 6) is -0.195. The second-order valence-electron chi connectivity index (χ2n) is 7.32. The Bertz CT molecular complexity index is 1220. The molecule has 0 spiro atoms. The number of aliphatic hydroxyl groups excluding tert-OH is 1. The fraction of sp³-hybridized carbons (Fsp3) is 0.333. The lowest BCUT2D eigenvalue weighted by Gasteiger charge is -2.15. The number of halogens is 2. The summed E-state index contributed by atoms with van der Waals surface area (Å²) in [6.07, 6.45) is 11.4. The molecule has 1 saturated carbocycles. The van der Waals surface area contributed by atoms with Crippen LogP contribution in [-0.2, 0) is 4.79 Å². The molecule has 1 fully saturated rings. The number of anilines is 2. The Hall–Kier alpha value is -3.24. The first-order chi connectivity index (χ1) is 15.5. The number of aromatic amines is 1. The van der Waals surface area contributed by atoms with Gasteiger partial charge >= 0.3 is 0 Å². The summed E-state index contributed by atoms with van der Waals surface area (Å²) < 4.78 is 16.7. The molecule has 0 atom stereocenters. The third kappa shape index (κ3) is 4.97. The molecular formula is C21H25ClFN7O2. The van der Waals surface area contributed by atoms with Crippen molar-refractivity contribution in [2.24, 2.45) is 0 Å². The molecule has 5 rings (SSSR count). The van der Waals surface area contributed by atoms with Crippen molar-refractivity contribution in [1.82, 2.24) is 24.6 Å². The Kier molecular flexibility index (Phi) is 7.60. The number of fused-ring (bicyclic) bond motifs is 2. The summed E-state index contributed by atoms with van der Waals surface area (Å²) in [4.78, 5) is 19.2. The van der Waals surface area contributed by atoms with Gasteiger partial charge in [0.2, 0.25) is 6.41 Å². The van der Waals surface area contributed by atoms with E-state index in [1.165, 1.54) is 25.5 Å². The average molecular weight is 462 g/mol. The first-order valence-electron chi connectivity index (χ1n) is 10.1. The monoisotopic (exact) mass is 461 g/mol. The van der Waals surface area contributed by atoms with Crippen LogP contribution in [0.4, 0.5) is 15.9 Å². The van der Waals surface area contributed by atoms with E-state index in [0.29, 0.717) is 40.0 Å². The number of aromatic nitrogens is 5. The molecule has 1 aliphatic carbocycles. The molecule has 1 amide bonds. The van der Waals surface area contributed by atoms with Crippen LogP contribution in [0, 0.1) is 5.82 Å². The molecule has 1 aliphatic rings. The van der Waals surface area contributed by atoms with Gasteiger partial charge < -0.3 is 20.1 Å². The van der Waals surface area contributed by atoms with Gasteiger partial charge in [0, 0.05) is 30.3 Å². The lowest BCUT2D eigenvalue weighted by molar-refractivity contribution is -0.105. The third-order valence-electron chi connectivity index (χ3n) is 4.38. The van der Waals surface area contributed by atoms with Crippen LogP contribution in [0.3, 0.4) is 0 Å². The Morgan fingerprint density at radius 1 is 1.25 bits per heavy atom. The minimum atomic E-state index is -0.576. The molecule has 3 heterocycles. The second kappa shape index (κ2) is 10.4. The molecule has 1 aromatic carbocycles. The molecule has 32 heavy (non-hydrogen) atoms. The fourth-order valence-electron chi connectivity index (χ4n) is 2.95. The van der Waals surface area contributed by atoms with Gasteiger partial charge in [0.15, 0.2) is 17.3 Å². The van der Waals surface area contributed by atoms with E-state index in [9.17, 15) is 9.18 Å². The third-order valence-corrected chi connectivity index (χ3v) is 4.74. The van der Waals surface area contributed by atoms with Crippen molar-refractivity contribution in [3.63, 3.8) is 0 Å². The quantitative estimate of drug-likeness (QED) is 0.330. The summed E-state index contributed by atoms with van der Waals surface area (Å²) in [7, 11) is 1.00. The van der Waals surface area contributed by atoms with Crippen LogP contribution < -0.4 is 10.6 Å². The molecule has 9 nitrogen and oxygen atoms in total. The maximum absolute atomic E-state index is 15.0. The number of carbonyl (C=O) groups is 1. The first kappa shape index (κ1) is 23.4. The number of rotatable bonds is 5. The van der Waals surface area contributed by atoms with Crippen LogP contribution in [0.2, 0.25) is 5.02 Å². The lowest BCUT2D eigenvalue weighted by Crippen LogP contribution is -2.12. The maximum Gasteiger partial charge on any atom is 0.212 e. The van der Waals surface area contributed by atoms with E-state index in [2.05, 4.69) is 30.8 Å². The summed E-state index contributed by atoms with van der Waals surface area (Å²) >= 11 is 6.38. The van der Waals surface area contributed by atoms with E-state index in [1.54, 1.807) is 23.0 Å². The number of nitrogens with zero attached hydrogens (tertiary/aromatic N) is 4. The van der Waals surface area contributed by atoms with Crippen LogP contribution in [-0.4, -0.2) is 49.2 Å². The minimum Gasteiger partial charge on any atom is -0.400 e. The highest BCUT2D eigenvalue weighted by Gasteiger charge is 2.22. The van der Waals surface area contributed by atoms with Crippen molar-refractivity contribution in [1.29, 1.82) is 0 Å². The molecular weight excluding hydrogens is 437 g/mol. The van der Waals surface area contributed by atoms with Gasteiger partial charge in [-0.15, -0.1) is 0 Å². The number of hydrogen-bond donors (Lipinski definition) is 4. The molecule has 3 aromatic heterocycles. The molecule has 11 heteroatoms. The Balaban J connectivity index is 0.000000522. The first-order valence-corrected chi connectivity index (χ1v) is 10.5. The van der Waals surface area contributed by atoms with E-state index in [0.717, 1.165) is 7.11 Å². The van der Waals surface area contributed by atoms with Crippen LogP contribution in [0.25, 0.3) is 27.8 Å². The number of benzene rings is 1. The zero-order valence-electron chi connectivity index (χ0n) is 18.0. The highest BCUT2D eigenvalue weighted by atomic mass is 35.5. The van der Waals surface area contributed by atoms with Crippen LogP contribution in [0.1, 0.15) is 33.1 Å². The van der Waals surface area contributed by atoms with Gasteiger partial charge in [-0.05, 0) is 13.8 Å². The number of amides is 1. The molecule has 0 saturated heterocycles. The summed E-state index contributed by atoms with van der Waals surface area (Å²) in [6, 6.07) is 0.0112. The second-order valence-corrected chi connectivity index (χ2v) is 7.70. The van der Waals surface area contributed by atoms with Gasteiger partial charge in [0.1, 0.15) is 0 Å². The van der Waals surface area contributed by atoms with Crippen molar-refractivity contribution in [3.8, 4) is 11.3 Å². The maximum atomic E-state index is 15.0. The summed E-state index contributed by atoms with van der Waals surface area (Å²) in [6.45, 7) is 3.81. The number of hydrogen-bond acceptors (Lipinski definition) is 6. The number of carbonyl (C=O) groups excluding carboxylic acids is 1. The normalized spacial score (nSPS) is 12.1. The zero-order valence-corrected chi connectivity index (χ0v) is 18.7. The molecule has 4 aromatic rings. The van der Waals surface area contributed by atoms with Crippen molar-refractivity contribution < 1.29 is 14.3 Å². The van der Waals surface area contributed by atoms with E-state index in [1.807, 2.05) is 13.8 Å². The molecule has 0 unspecified atom stereocenters. The SMILES string of the molecule is C1CC1.CC(C)Nc1c(F)c(Cl)c(-c2cn3cc(NC=O)nc3cn2)c2cn[nH]c12.CO. The Morgan fingerprint density at radius 3 is 2.59 bits per heavy atom. The minimum absolute atomic E-state index is 0.0112. The number of nitrogens with one attached hydrogen (secondary N) is 3. The van der Waals surface area contributed by atoms with Gasteiger partial charge in [0.25, 0.3) is 0 Å². The standard InChI is InChI=1S/C17H15ClFN7O.C3H6.CH4O/c1-8(2)23-17-15(19)14(18)13(9-3-22-25-16(9)17)10-5-26-6-11(21-7-27)24-12(26)4-20-10;1-2-3-1;1-2/h3-8,23H,1-2H3,(H,21,27)(H,22,25);1-3H2;2H,1H3. The van der Waals surface area contributed by atoms with Gasteiger partial charge in [-0.25, -0.2) is 9.37 Å². The summed E-state index contributed by atoms with van der Waals surface area (Å²) in [5.41, 5.74) is 2.18. The van der Waals surface area contributed by atoms with Crippen molar-refractivity contribution in [3.05, 3.63) is 35.6 Å². The lowest BCUT2D eigenvalue weighted by atomic mass is 10.1. The molecule has 170 valence electrons. The highest BCUT2D eigenvalue weighted by molar-refractivity contribution is 6.35. The summed E-state index contributed by atoms with van der Waals surface area (Å²) in [5, 5.41) is 20.0. The molecule has 4 N–H and O–H groups in total. The molecule has 0 radical (unpaired) electrons. The smallest absolute Gasteiger partial charge is 0.212 e. The van der Waals surface area contributed by atoms with Gasteiger partial charge in [-0.2, -0.15) is 5.10 Å². The van der Waals surface area contributed by atoms with Crippen LogP contribution in [0.5, 0.6) is 0 Å². The average Bonchev–Trinajstić information content (AvgIpc) is 3.50. The van der Waals surface area contributed by atoms with Gasteiger partial charge in [-0.1, -0.05) is 30.9 Å². The van der Waals surface area contributed by atoms with Crippen LogP contribution >= 0.6 is 11.6 Å². The van der Waals surface area contributed by atoms with Crippen molar-refractivity contribution in [2.75, 3.05) is 17.7 Å². The fourth-order valence-corrected chi connectivity index (χ4v) is 3.24. The number of H-pyrrole nitrogens is 1. The Morgan fingerprint density at radius 2 is 1.97 bits per heavy atom. The van der Waals surface area contributed by atoms with Crippen molar-refractivity contribution in [2.45, 2.75) is 39.2 Å². The van der Waals surface area contributed by atoms with E-state index in [4.69, 9.17) is 16.7 Å². The molecule has 0 aliphatic heterocycles. The molecule has 0 bridgehead atoms. The predicted molar refractivity (Wildman–Crippen MR) is 123 cm³/mol. The zero-order chi connectivity index (χ0) is 23.3. The highest BCUT2D eigenvalue weighted by Crippen LogP contribution is 2.40.